The molecule has 0 saturated heterocycles. The maximum absolute atomic E-state index is 5.09. The van der Waals surface area contributed by atoms with E-state index in [2.05, 4.69) is 11.1 Å². The second-order valence-electron chi connectivity index (χ2n) is 2.11. The van der Waals surface area contributed by atoms with Crippen LogP contribution in [-0.4, -0.2) is 5.16 Å². The van der Waals surface area contributed by atoms with Crippen molar-refractivity contribution in [3.8, 4) is 12.3 Å². The SMILES string of the molecule is C#CCCc1cnoc1C. The summed E-state index contributed by atoms with van der Waals surface area (Å²) in [7, 11) is 0. The topological polar surface area (TPSA) is 26.0 Å². The molecule has 0 amide bonds. The molecule has 0 spiro atoms. The van der Waals surface area contributed by atoms with Crippen LogP contribution in [0.25, 0.3) is 0 Å². The van der Waals surface area contributed by atoms with E-state index in [9.17, 15) is 0 Å². The third-order valence-corrected chi connectivity index (χ3v) is 1.39. The van der Waals surface area contributed by atoms with Gasteiger partial charge >= 0.3 is 0 Å². The molecular formula is C8H9NO. The van der Waals surface area contributed by atoms with Crippen LogP contribution in [0.1, 0.15) is 17.7 Å². The minimum Gasteiger partial charge on any atom is -0.361 e. The molecule has 0 unspecified atom stereocenters. The Morgan fingerprint density at radius 2 is 2.60 bits per heavy atom. The van der Waals surface area contributed by atoms with E-state index in [0.29, 0.717) is 0 Å². The summed E-state index contributed by atoms with van der Waals surface area (Å²) in [5.41, 5.74) is 1.11. The largest absolute Gasteiger partial charge is 0.361 e. The van der Waals surface area contributed by atoms with Gasteiger partial charge in [-0.25, -0.2) is 0 Å². The molecule has 1 aromatic heterocycles. The zero-order valence-electron chi connectivity index (χ0n) is 5.92. The highest BCUT2D eigenvalue weighted by atomic mass is 16.5. The molecule has 0 bridgehead atoms. The first-order valence-corrected chi connectivity index (χ1v) is 3.18. The maximum Gasteiger partial charge on any atom is 0.136 e. The first-order chi connectivity index (χ1) is 4.84. The van der Waals surface area contributed by atoms with Crippen molar-refractivity contribution in [2.75, 3.05) is 0 Å². The van der Waals surface area contributed by atoms with Gasteiger partial charge in [-0.05, 0) is 13.3 Å². The van der Waals surface area contributed by atoms with Gasteiger partial charge in [-0.15, -0.1) is 12.3 Å². The van der Waals surface area contributed by atoms with Crippen LogP contribution in [0.5, 0.6) is 0 Å². The van der Waals surface area contributed by atoms with Crippen molar-refractivity contribution in [1.29, 1.82) is 0 Å². The lowest BCUT2D eigenvalue weighted by Gasteiger charge is -1.88. The molecule has 10 heavy (non-hydrogen) atoms. The maximum atomic E-state index is 5.09. The van der Waals surface area contributed by atoms with Crippen molar-refractivity contribution in [2.45, 2.75) is 19.8 Å². The van der Waals surface area contributed by atoms with E-state index in [0.717, 1.165) is 24.2 Å². The zero-order valence-corrected chi connectivity index (χ0v) is 5.92. The summed E-state index contributed by atoms with van der Waals surface area (Å²) in [4.78, 5) is 0. The number of nitrogens with zero attached hydrogens (tertiary/aromatic N) is 1. The molecule has 52 valence electrons. The Hall–Kier alpha value is -1.23. The van der Waals surface area contributed by atoms with Crippen molar-refractivity contribution in [3.05, 3.63) is 17.5 Å². The van der Waals surface area contributed by atoms with E-state index in [-0.39, 0.29) is 0 Å². The number of rotatable bonds is 2. The summed E-state index contributed by atoms with van der Waals surface area (Å²) in [6, 6.07) is 0. The summed E-state index contributed by atoms with van der Waals surface area (Å²) in [5, 5.41) is 3.63. The average molecular weight is 135 g/mol. The Morgan fingerprint density at radius 1 is 1.80 bits per heavy atom. The molecule has 0 fully saturated rings. The number of aromatic nitrogens is 1. The molecule has 1 rings (SSSR count). The van der Waals surface area contributed by atoms with Crippen molar-refractivity contribution in [3.63, 3.8) is 0 Å². The van der Waals surface area contributed by atoms with Gasteiger partial charge in [0, 0.05) is 12.0 Å². The highest BCUT2D eigenvalue weighted by Crippen LogP contribution is 2.07. The Bertz CT molecular complexity index is 244. The van der Waals surface area contributed by atoms with Gasteiger partial charge in [-0.2, -0.15) is 0 Å². The molecule has 0 aliphatic rings. The summed E-state index contributed by atoms with van der Waals surface area (Å²) in [6.45, 7) is 1.89. The average Bonchev–Trinajstić information content (AvgIpc) is 2.31. The van der Waals surface area contributed by atoms with Gasteiger partial charge in [0.05, 0.1) is 6.20 Å². The lowest BCUT2D eigenvalue weighted by molar-refractivity contribution is 0.396. The van der Waals surface area contributed by atoms with Crippen LogP contribution >= 0.6 is 0 Å². The van der Waals surface area contributed by atoms with E-state index in [4.69, 9.17) is 10.9 Å². The molecule has 0 aliphatic carbocycles. The molecule has 1 heterocycles. The van der Waals surface area contributed by atoms with Gasteiger partial charge in [-0.1, -0.05) is 5.16 Å². The van der Waals surface area contributed by atoms with E-state index < -0.39 is 0 Å². The zero-order chi connectivity index (χ0) is 7.40. The molecule has 2 heteroatoms. The third kappa shape index (κ3) is 1.38. The van der Waals surface area contributed by atoms with Crippen molar-refractivity contribution < 1.29 is 4.52 Å². The molecule has 2 nitrogen and oxygen atoms in total. The van der Waals surface area contributed by atoms with E-state index in [1.807, 2.05) is 6.92 Å². The molecule has 0 aliphatic heterocycles. The van der Waals surface area contributed by atoms with Gasteiger partial charge in [0.25, 0.3) is 0 Å². The number of aryl methyl sites for hydroxylation is 2. The van der Waals surface area contributed by atoms with Crippen molar-refractivity contribution in [1.82, 2.24) is 5.16 Å². The summed E-state index contributed by atoms with van der Waals surface area (Å²) < 4.78 is 4.84. The van der Waals surface area contributed by atoms with Crippen LogP contribution in [0.2, 0.25) is 0 Å². The molecular weight excluding hydrogens is 126 g/mol. The molecule has 0 N–H and O–H groups in total. The van der Waals surface area contributed by atoms with Crippen LogP contribution in [0.3, 0.4) is 0 Å². The monoisotopic (exact) mass is 135 g/mol. The normalized spacial score (nSPS) is 9.20. The van der Waals surface area contributed by atoms with Crippen LogP contribution in [0.4, 0.5) is 0 Å². The molecule has 0 radical (unpaired) electrons. The number of terminal acetylenes is 1. The summed E-state index contributed by atoms with van der Waals surface area (Å²) >= 11 is 0. The second-order valence-corrected chi connectivity index (χ2v) is 2.11. The van der Waals surface area contributed by atoms with Gasteiger partial charge in [-0.3, -0.25) is 0 Å². The smallest absolute Gasteiger partial charge is 0.136 e. The summed E-state index contributed by atoms with van der Waals surface area (Å²) in [5.74, 6) is 3.43. The van der Waals surface area contributed by atoms with Crippen LogP contribution in [-0.2, 0) is 6.42 Å². The fourth-order valence-corrected chi connectivity index (χ4v) is 0.766. The Balaban J connectivity index is 2.59. The number of hydrogen-bond acceptors (Lipinski definition) is 2. The molecule has 0 atom stereocenters. The third-order valence-electron chi connectivity index (χ3n) is 1.39. The van der Waals surface area contributed by atoms with Gasteiger partial charge in [0.15, 0.2) is 0 Å². The molecule has 1 aromatic rings. The van der Waals surface area contributed by atoms with E-state index in [1.54, 1.807) is 6.20 Å². The standard InChI is InChI=1S/C8H9NO/c1-3-4-5-8-6-9-10-7(8)2/h1,6H,4-5H2,2H3. The second kappa shape index (κ2) is 3.07. The molecule has 0 aromatic carbocycles. The Labute approximate surface area is 60.2 Å². The highest BCUT2D eigenvalue weighted by Gasteiger charge is 1.99. The summed E-state index contributed by atoms with van der Waals surface area (Å²) in [6.07, 6.45) is 8.43. The van der Waals surface area contributed by atoms with Crippen molar-refractivity contribution >= 4 is 0 Å². The predicted molar refractivity (Wildman–Crippen MR) is 38.4 cm³/mol. The first kappa shape index (κ1) is 6.88. The van der Waals surface area contributed by atoms with Crippen LogP contribution in [0, 0.1) is 19.3 Å². The highest BCUT2D eigenvalue weighted by molar-refractivity contribution is 5.12. The van der Waals surface area contributed by atoms with E-state index in [1.165, 1.54) is 0 Å². The van der Waals surface area contributed by atoms with Gasteiger partial charge in [0.1, 0.15) is 5.76 Å². The van der Waals surface area contributed by atoms with Crippen LogP contribution < -0.4 is 0 Å². The van der Waals surface area contributed by atoms with Crippen LogP contribution in [0.15, 0.2) is 10.7 Å². The minimum absolute atomic E-state index is 0.752. The number of hydrogen-bond donors (Lipinski definition) is 0. The van der Waals surface area contributed by atoms with Gasteiger partial charge in [0.2, 0.25) is 0 Å². The fraction of sp³-hybridized carbons (Fsp3) is 0.375. The lowest BCUT2D eigenvalue weighted by atomic mass is 10.1. The fourth-order valence-electron chi connectivity index (χ4n) is 0.766. The predicted octanol–water partition coefficient (Wildman–Crippen LogP) is 1.55. The Kier molecular flexibility index (Phi) is 2.11. The molecule has 0 saturated carbocycles. The first-order valence-electron chi connectivity index (χ1n) is 3.18. The Morgan fingerprint density at radius 3 is 3.10 bits per heavy atom. The quantitative estimate of drug-likeness (QED) is 0.575. The minimum atomic E-state index is 0.752. The van der Waals surface area contributed by atoms with E-state index >= 15 is 0 Å². The van der Waals surface area contributed by atoms with Gasteiger partial charge < -0.3 is 4.52 Å². The lowest BCUT2D eigenvalue weighted by Crippen LogP contribution is -1.81. The van der Waals surface area contributed by atoms with Crippen molar-refractivity contribution in [2.24, 2.45) is 0 Å².